The van der Waals surface area contributed by atoms with Crippen LogP contribution in [0.3, 0.4) is 0 Å². The molecule has 1 aromatic carbocycles. The van der Waals surface area contributed by atoms with Crippen molar-refractivity contribution in [2.75, 3.05) is 0 Å². The quantitative estimate of drug-likeness (QED) is 0.895. The fraction of sp³-hybridized carbons (Fsp3) is 0.450. The van der Waals surface area contributed by atoms with E-state index in [1.54, 1.807) is 0 Å². The van der Waals surface area contributed by atoms with Crippen LogP contribution in [-0.2, 0) is 4.79 Å². The van der Waals surface area contributed by atoms with E-state index in [1.165, 1.54) is 0 Å². The lowest BCUT2D eigenvalue weighted by Crippen LogP contribution is -2.33. The average molecular weight is 338 g/mol. The molecular formula is C20H22N2O3. The summed E-state index contributed by atoms with van der Waals surface area (Å²) in [5, 5.41) is 13.1. The summed E-state index contributed by atoms with van der Waals surface area (Å²) < 4.78 is 0. The molecular weight excluding hydrogens is 316 g/mol. The lowest BCUT2D eigenvalue weighted by molar-refractivity contribution is -0.141. The predicted octanol–water partition coefficient (Wildman–Crippen LogP) is 3.40. The molecule has 2 fully saturated rings. The topological polar surface area (TPSA) is 79.3 Å². The molecule has 0 unspecified atom stereocenters. The molecule has 0 saturated heterocycles. The summed E-state index contributed by atoms with van der Waals surface area (Å²) in [6, 6.07) is 7.86. The van der Waals surface area contributed by atoms with E-state index in [4.69, 9.17) is 10.1 Å². The highest BCUT2D eigenvalue weighted by Gasteiger charge is 2.32. The molecule has 2 aliphatic rings. The molecule has 2 atom stereocenters. The molecule has 1 heterocycles. The fourth-order valence-corrected chi connectivity index (χ4v) is 3.74. The van der Waals surface area contributed by atoms with Crippen molar-refractivity contribution in [2.24, 2.45) is 5.92 Å². The molecule has 1 aromatic heterocycles. The molecule has 0 aliphatic heterocycles. The van der Waals surface area contributed by atoms with Gasteiger partial charge in [0.25, 0.3) is 5.91 Å². The van der Waals surface area contributed by atoms with Crippen LogP contribution < -0.4 is 5.32 Å². The Hall–Kier alpha value is -2.43. The second kappa shape index (κ2) is 6.14. The Kier molecular flexibility index (Phi) is 3.94. The first-order valence-electron chi connectivity index (χ1n) is 8.96. The van der Waals surface area contributed by atoms with Crippen molar-refractivity contribution < 1.29 is 14.7 Å². The van der Waals surface area contributed by atoms with Crippen LogP contribution in [-0.4, -0.2) is 28.0 Å². The molecule has 0 spiro atoms. The number of pyridine rings is 1. The SMILES string of the molecule is Cc1ccc2nc(C3CC3)cc(C(=O)N[C@@H]3CC[C@H](C(=O)O)C3)c2c1. The van der Waals surface area contributed by atoms with Gasteiger partial charge in [-0.25, -0.2) is 0 Å². The van der Waals surface area contributed by atoms with E-state index in [1.807, 2.05) is 31.2 Å². The number of aromatic nitrogens is 1. The van der Waals surface area contributed by atoms with Gasteiger partial charge in [-0.1, -0.05) is 11.6 Å². The van der Waals surface area contributed by atoms with Crippen molar-refractivity contribution in [3.63, 3.8) is 0 Å². The van der Waals surface area contributed by atoms with Crippen LogP contribution in [0.25, 0.3) is 10.9 Å². The van der Waals surface area contributed by atoms with Crippen LogP contribution >= 0.6 is 0 Å². The number of carbonyl (C=O) groups is 2. The molecule has 5 heteroatoms. The van der Waals surface area contributed by atoms with Crippen molar-refractivity contribution in [2.45, 2.75) is 51.0 Å². The van der Waals surface area contributed by atoms with Crippen LogP contribution in [0.5, 0.6) is 0 Å². The maximum Gasteiger partial charge on any atom is 0.306 e. The number of nitrogens with zero attached hydrogens (tertiary/aromatic N) is 1. The van der Waals surface area contributed by atoms with Crippen LogP contribution in [0.15, 0.2) is 24.3 Å². The Morgan fingerprint density at radius 1 is 1.16 bits per heavy atom. The summed E-state index contributed by atoms with van der Waals surface area (Å²) >= 11 is 0. The van der Waals surface area contributed by atoms with Gasteiger partial charge < -0.3 is 10.4 Å². The third-order valence-electron chi connectivity index (χ3n) is 5.34. The summed E-state index contributed by atoms with van der Waals surface area (Å²) in [5.41, 5.74) is 3.61. The van der Waals surface area contributed by atoms with Crippen molar-refractivity contribution in [1.82, 2.24) is 10.3 Å². The first-order chi connectivity index (χ1) is 12.0. The molecule has 2 saturated carbocycles. The molecule has 2 aromatic rings. The second-order valence-electron chi connectivity index (χ2n) is 7.41. The van der Waals surface area contributed by atoms with Crippen molar-refractivity contribution >= 4 is 22.8 Å². The minimum absolute atomic E-state index is 0.0639. The minimum atomic E-state index is -0.766. The number of aryl methyl sites for hydroxylation is 1. The number of rotatable bonds is 4. The summed E-state index contributed by atoms with van der Waals surface area (Å²) in [5.74, 6) is -0.752. The van der Waals surface area contributed by atoms with Gasteiger partial charge in [0.05, 0.1) is 17.0 Å². The van der Waals surface area contributed by atoms with Gasteiger partial charge in [0.1, 0.15) is 0 Å². The van der Waals surface area contributed by atoms with E-state index in [-0.39, 0.29) is 17.9 Å². The van der Waals surface area contributed by atoms with E-state index < -0.39 is 5.97 Å². The molecule has 1 amide bonds. The number of carboxylic acid groups (broad SMARTS) is 1. The number of aliphatic carboxylic acids is 1. The van der Waals surface area contributed by atoms with Crippen molar-refractivity contribution in [3.05, 3.63) is 41.1 Å². The number of hydrogen-bond donors (Lipinski definition) is 2. The van der Waals surface area contributed by atoms with Gasteiger partial charge in [-0.3, -0.25) is 14.6 Å². The summed E-state index contributed by atoms with van der Waals surface area (Å²) in [7, 11) is 0. The highest BCUT2D eigenvalue weighted by atomic mass is 16.4. The molecule has 130 valence electrons. The van der Waals surface area contributed by atoms with Gasteiger partial charge in [-0.2, -0.15) is 0 Å². The molecule has 5 nitrogen and oxygen atoms in total. The van der Waals surface area contributed by atoms with Gasteiger partial charge >= 0.3 is 5.97 Å². The Morgan fingerprint density at radius 3 is 2.64 bits per heavy atom. The third-order valence-corrected chi connectivity index (χ3v) is 5.34. The van der Waals surface area contributed by atoms with Crippen molar-refractivity contribution in [1.29, 1.82) is 0 Å². The molecule has 2 N–H and O–H groups in total. The monoisotopic (exact) mass is 338 g/mol. The Balaban J connectivity index is 1.64. The average Bonchev–Trinajstić information content (AvgIpc) is 3.33. The number of nitrogens with one attached hydrogen (secondary N) is 1. The maximum absolute atomic E-state index is 12.9. The van der Waals surface area contributed by atoms with Gasteiger partial charge in [0.15, 0.2) is 0 Å². The second-order valence-corrected chi connectivity index (χ2v) is 7.41. The smallest absolute Gasteiger partial charge is 0.306 e. The van der Waals surface area contributed by atoms with E-state index in [2.05, 4.69) is 5.32 Å². The first-order valence-corrected chi connectivity index (χ1v) is 8.96. The number of carbonyl (C=O) groups excluding carboxylic acids is 1. The van der Waals surface area contributed by atoms with Crippen LogP contribution in [0.4, 0.5) is 0 Å². The number of carboxylic acids is 1. The molecule has 25 heavy (non-hydrogen) atoms. The first kappa shape index (κ1) is 16.1. The summed E-state index contributed by atoms with van der Waals surface area (Å²) in [6.07, 6.45) is 4.13. The highest BCUT2D eigenvalue weighted by Crippen LogP contribution is 2.40. The molecule has 0 bridgehead atoms. The van der Waals surface area contributed by atoms with Gasteiger partial charge in [0.2, 0.25) is 0 Å². The number of benzene rings is 1. The predicted molar refractivity (Wildman–Crippen MR) is 94.7 cm³/mol. The van der Waals surface area contributed by atoms with Gasteiger partial charge in [-0.15, -0.1) is 0 Å². The lowest BCUT2D eigenvalue weighted by atomic mass is 10.0. The number of amides is 1. The highest BCUT2D eigenvalue weighted by molar-refractivity contribution is 6.06. The van der Waals surface area contributed by atoms with E-state index in [9.17, 15) is 9.59 Å². The summed E-state index contributed by atoms with van der Waals surface area (Å²) in [4.78, 5) is 28.8. The Labute approximate surface area is 146 Å². The maximum atomic E-state index is 12.9. The fourth-order valence-electron chi connectivity index (χ4n) is 3.74. The van der Waals surface area contributed by atoms with Gasteiger partial charge in [-0.05, 0) is 57.2 Å². The molecule has 4 rings (SSSR count). The zero-order chi connectivity index (χ0) is 17.6. The largest absolute Gasteiger partial charge is 0.481 e. The zero-order valence-electron chi connectivity index (χ0n) is 14.3. The van der Waals surface area contributed by atoms with Crippen molar-refractivity contribution in [3.8, 4) is 0 Å². The molecule has 0 radical (unpaired) electrons. The Morgan fingerprint density at radius 2 is 1.96 bits per heavy atom. The number of fused-ring (bicyclic) bond motifs is 1. The van der Waals surface area contributed by atoms with Crippen LogP contribution in [0, 0.1) is 12.8 Å². The van der Waals surface area contributed by atoms with E-state index >= 15 is 0 Å². The third kappa shape index (κ3) is 3.23. The molecule has 2 aliphatic carbocycles. The van der Waals surface area contributed by atoms with E-state index in [0.717, 1.165) is 41.4 Å². The Bertz CT molecular complexity index is 857. The normalized spacial score (nSPS) is 22.9. The minimum Gasteiger partial charge on any atom is -0.481 e. The standard InChI is InChI=1S/C20H22N2O3/c1-11-2-7-17-15(8-11)16(10-18(22-17)12-3-4-12)19(23)21-14-6-5-13(9-14)20(24)25/h2,7-8,10,12-14H,3-6,9H2,1H3,(H,21,23)(H,24,25)/t13-,14+/m0/s1. The van der Waals surface area contributed by atoms with Crippen LogP contribution in [0.1, 0.15) is 59.6 Å². The lowest BCUT2D eigenvalue weighted by Gasteiger charge is -2.15. The zero-order valence-corrected chi connectivity index (χ0v) is 14.3. The number of hydrogen-bond acceptors (Lipinski definition) is 3. The van der Waals surface area contributed by atoms with E-state index in [0.29, 0.717) is 24.3 Å². The van der Waals surface area contributed by atoms with Gasteiger partial charge in [0, 0.05) is 23.0 Å². The van der Waals surface area contributed by atoms with Crippen LogP contribution in [0.2, 0.25) is 0 Å². The summed E-state index contributed by atoms with van der Waals surface area (Å²) in [6.45, 7) is 2.00.